The molecule has 1 heterocycles. The highest BCUT2D eigenvalue weighted by atomic mass is 35.5. The zero-order chi connectivity index (χ0) is 17.1. The minimum atomic E-state index is -0.499. The van der Waals surface area contributed by atoms with E-state index in [4.69, 9.17) is 11.6 Å². The van der Waals surface area contributed by atoms with Crippen LogP contribution in [0.4, 0.5) is 20.6 Å². The first-order chi connectivity index (χ1) is 11.5. The number of rotatable bonds is 2. The summed E-state index contributed by atoms with van der Waals surface area (Å²) in [5.74, 6) is -0.499. The molecule has 1 N–H and O–H groups in total. The summed E-state index contributed by atoms with van der Waals surface area (Å²) in [5.41, 5.74) is 2.90. The Morgan fingerprint density at radius 2 is 1.75 bits per heavy atom. The lowest BCUT2D eigenvalue weighted by atomic mass is 10.2. The highest BCUT2D eigenvalue weighted by Gasteiger charge is 2.21. The number of piperazine rings is 1. The smallest absolute Gasteiger partial charge is 0.321 e. The van der Waals surface area contributed by atoms with Crippen molar-refractivity contribution in [3.8, 4) is 0 Å². The van der Waals surface area contributed by atoms with Gasteiger partial charge in [0.1, 0.15) is 5.82 Å². The van der Waals surface area contributed by atoms with E-state index in [1.165, 1.54) is 29.4 Å². The number of hydrogen-bond donors (Lipinski definition) is 1. The Hall–Kier alpha value is -2.27. The number of hydrogen-bond acceptors (Lipinski definition) is 2. The second-order valence-corrected chi connectivity index (χ2v) is 6.28. The summed E-state index contributed by atoms with van der Waals surface area (Å²) in [6.45, 7) is 4.89. The van der Waals surface area contributed by atoms with Crippen LogP contribution in [0, 0.1) is 12.7 Å². The largest absolute Gasteiger partial charge is 0.368 e. The third-order valence-electron chi connectivity index (χ3n) is 4.14. The summed E-state index contributed by atoms with van der Waals surface area (Å²) in [4.78, 5) is 16.3. The predicted molar refractivity (Wildman–Crippen MR) is 95.4 cm³/mol. The van der Waals surface area contributed by atoms with Gasteiger partial charge in [-0.1, -0.05) is 29.3 Å². The molecule has 1 fully saturated rings. The summed E-state index contributed by atoms with van der Waals surface area (Å²) in [6, 6.07) is 12.4. The van der Waals surface area contributed by atoms with Crippen LogP contribution >= 0.6 is 11.6 Å². The van der Waals surface area contributed by atoms with Gasteiger partial charge in [-0.05, 0) is 37.3 Å². The molecule has 0 bridgehead atoms. The Morgan fingerprint density at radius 1 is 1.08 bits per heavy atom. The summed E-state index contributed by atoms with van der Waals surface area (Å²) >= 11 is 5.73. The number of aryl methyl sites for hydroxylation is 1. The molecule has 2 amide bonds. The number of benzene rings is 2. The van der Waals surface area contributed by atoms with Gasteiger partial charge in [0, 0.05) is 37.6 Å². The molecule has 0 aromatic heterocycles. The number of urea groups is 1. The topological polar surface area (TPSA) is 35.6 Å². The number of carbonyl (C=O) groups is 1. The van der Waals surface area contributed by atoms with Crippen molar-refractivity contribution in [2.75, 3.05) is 36.4 Å². The van der Waals surface area contributed by atoms with Crippen molar-refractivity contribution in [2.24, 2.45) is 0 Å². The lowest BCUT2D eigenvalue weighted by Crippen LogP contribution is -2.50. The van der Waals surface area contributed by atoms with Crippen LogP contribution in [-0.4, -0.2) is 37.1 Å². The van der Waals surface area contributed by atoms with E-state index in [0.717, 1.165) is 13.1 Å². The van der Waals surface area contributed by atoms with Gasteiger partial charge in [0.2, 0.25) is 0 Å². The molecule has 1 aliphatic rings. The van der Waals surface area contributed by atoms with Gasteiger partial charge in [0.05, 0.1) is 5.02 Å². The van der Waals surface area contributed by atoms with E-state index < -0.39 is 5.82 Å². The molecule has 0 unspecified atom stereocenters. The molecular weight excluding hydrogens is 329 g/mol. The molecule has 2 aromatic carbocycles. The lowest BCUT2D eigenvalue weighted by Gasteiger charge is -2.36. The quantitative estimate of drug-likeness (QED) is 0.886. The van der Waals surface area contributed by atoms with Gasteiger partial charge in [-0.25, -0.2) is 9.18 Å². The minimum absolute atomic E-state index is 0.00279. The number of nitrogens with one attached hydrogen (secondary N) is 1. The minimum Gasteiger partial charge on any atom is -0.368 e. The van der Waals surface area contributed by atoms with E-state index in [2.05, 4.69) is 41.4 Å². The van der Waals surface area contributed by atoms with Gasteiger partial charge >= 0.3 is 6.03 Å². The standard InChI is InChI=1S/C18H19ClFN3O/c1-13-2-5-15(6-3-13)22-8-10-23(11-9-22)18(24)21-14-4-7-17(20)16(19)12-14/h2-7,12H,8-11H2,1H3,(H,21,24). The van der Waals surface area contributed by atoms with Gasteiger partial charge in [-0.3, -0.25) is 0 Å². The van der Waals surface area contributed by atoms with Crippen molar-refractivity contribution in [1.82, 2.24) is 4.90 Å². The molecule has 24 heavy (non-hydrogen) atoms. The summed E-state index contributed by atoms with van der Waals surface area (Å²) in [5, 5.41) is 2.76. The molecule has 0 radical (unpaired) electrons. The number of anilines is 2. The van der Waals surface area contributed by atoms with Crippen LogP contribution in [0.5, 0.6) is 0 Å². The SMILES string of the molecule is Cc1ccc(N2CCN(C(=O)Nc3ccc(F)c(Cl)c3)CC2)cc1. The molecular formula is C18H19ClFN3O. The molecule has 4 nitrogen and oxygen atoms in total. The Labute approximate surface area is 145 Å². The maximum atomic E-state index is 13.2. The summed E-state index contributed by atoms with van der Waals surface area (Å²) in [6.07, 6.45) is 0. The van der Waals surface area contributed by atoms with Crippen molar-refractivity contribution < 1.29 is 9.18 Å². The van der Waals surface area contributed by atoms with Crippen LogP contribution < -0.4 is 10.2 Å². The van der Waals surface area contributed by atoms with Crippen LogP contribution in [0.15, 0.2) is 42.5 Å². The second-order valence-electron chi connectivity index (χ2n) is 5.87. The van der Waals surface area contributed by atoms with E-state index in [-0.39, 0.29) is 11.1 Å². The lowest BCUT2D eigenvalue weighted by molar-refractivity contribution is 0.208. The average molecular weight is 348 g/mol. The van der Waals surface area contributed by atoms with Gasteiger partial charge in [-0.15, -0.1) is 0 Å². The van der Waals surface area contributed by atoms with E-state index in [9.17, 15) is 9.18 Å². The average Bonchev–Trinajstić information content (AvgIpc) is 2.59. The Morgan fingerprint density at radius 3 is 2.38 bits per heavy atom. The first kappa shape index (κ1) is 16.6. The predicted octanol–water partition coefficient (Wildman–Crippen LogP) is 4.14. The Balaban J connectivity index is 1.56. The molecule has 6 heteroatoms. The van der Waals surface area contributed by atoms with Crippen molar-refractivity contribution in [3.63, 3.8) is 0 Å². The van der Waals surface area contributed by atoms with Crippen molar-refractivity contribution in [2.45, 2.75) is 6.92 Å². The van der Waals surface area contributed by atoms with Gasteiger partial charge < -0.3 is 15.1 Å². The maximum Gasteiger partial charge on any atom is 0.321 e. The highest BCUT2D eigenvalue weighted by molar-refractivity contribution is 6.31. The molecule has 2 aromatic rings. The molecule has 0 aliphatic carbocycles. The molecule has 0 atom stereocenters. The molecule has 1 aliphatic heterocycles. The zero-order valence-corrected chi connectivity index (χ0v) is 14.2. The monoisotopic (exact) mass is 347 g/mol. The Bertz CT molecular complexity index is 728. The van der Waals surface area contributed by atoms with Crippen LogP contribution in [0.2, 0.25) is 5.02 Å². The third kappa shape index (κ3) is 3.79. The Kier molecular flexibility index (Phi) is 4.90. The first-order valence-electron chi connectivity index (χ1n) is 7.85. The fourth-order valence-electron chi connectivity index (χ4n) is 2.70. The van der Waals surface area contributed by atoms with E-state index in [1.807, 2.05) is 0 Å². The van der Waals surface area contributed by atoms with Crippen LogP contribution in [0.25, 0.3) is 0 Å². The number of halogens is 2. The number of nitrogens with zero attached hydrogens (tertiary/aromatic N) is 2. The van der Waals surface area contributed by atoms with Crippen LogP contribution in [0.3, 0.4) is 0 Å². The van der Waals surface area contributed by atoms with Crippen molar-refractivity contribution in [1.29, 1.82) is 0 Å². The number of carbonyl (C=O) groups excluding carboxylic acids is 1. The fraction of sp³-hybridized carbons (Fsp3) is 0.278. The molecule has 0 spiro atoms. The molecule has 0 saturated carbocycles. The number of amides is 2. The third-order valence-corrected chi connectivity index (χ3v) is 4.43. The summed E-state index contributed by atoms with van der Waals surface area (Å²) < 4.78 is 13.2. The highest BCUT2D eigenvalue weighted by Crippen LogP contribution is 2.21. The van der Waals surface area contributed by atoms with Gasteiger partial charge in [0.25, 0.3) is 0 Å². The fourth-order valence-corrected chi connectivity index (χ4v) is 2.88. The molecule has 3 rings (SSSR count). The van der Waals surface area contributed by atoms with Crippen LogP contribution in [-0.2, 0) is 0 Å². The molecule has 1 saturated heterocycles. The van der Waals surface area contributed by atoms with Gasteiger partial charge in [0.15, 0.2) is 0 Å². The van der Waals surface area contributed by atoms with Gasteiger partial charge in [-0.2, -0.15) is 0 Å². The van der Waals surface area contributed by atoms with Crippen LogP contribution in [0.1, 0.15) is 5.56 Å². The molecule has 126 valence electrons. The van der Waals surface area contributed by atoms with E-state index in [0.29, 0.717) is 18.8 Å². The zero-order valence-electron chi connectivity index (χ0n) is 13.4. The van der Waals surface area contributed by atoms with Crippen molar-refractivity contribution in [3.05, 3.63) is 58.9 Å². The second kappa shape index (κ2) is 7.09. The normalized spacial score (nSPS) is 14.6. The first-order valence-corrected chi connectivity index (χ1v) is 8.23. The van der Waals surface area contributed by atoms with E-state index >= 15 is 0 Å². The van der Waals surface area contributed by atoms with Crippen molar-refractivity contribution >= 4 is 29.0 Å². The summed E-state index contributed by atoms with van der Waals surface area (Å²) in [7, 11) is 0. The maximum absolute atomic E-state index is 13.2. The van der Waals surface area contributed by atoms with E-state index in [1.54, 1.807) is 4.90 Å².